The summed E-state index contributed by atoms with van der Waals surface area (Å²) in [4.78, 5) is 16.3. The molecule has 1 aromatic heterocycles. The van der Waals surface area contributed by atoms with Crippen molar-refractivity contribution in [3.63, 3.8) is 0 Å². The lowest BCUT2D eigenvalue weighted by molar-refractivity contribution is 0.102. The maximum atomic E-state index is 12.2. The van der Waals surface area contributed by atoms with Crippen LogP contribution in [0.3, 0.4) is 0 Å². The quantitative estimate of drug-likeness (QED) is 0.862. The Labute approximate surface area is 125 Å². The van der Waals surface area contributed by atoms with Gasteiger partial charge in [0.15, 0.2) is 5.13 Å². The van der Waals surface area contributed by atoms with E-state index in [1.54, 1.807) is 23.6 Å². The molecule has 0 aliphatic rings. The molecule has 0 saturated heterocycles. The number of alkyl halides is 1. The average molecular weight is 313 g/mol. The van der Waals surface area contributed by atoms with E-state index in [1.807, 2.05) is 0 Å². The molecule has 0 saturated carbocycles. The summed E-state index contributed by atoms with van der Waals surface area (Å²) in [6, 6.07) is 4.97. The summed E-state index contributed by atoms with van der Waals surface area (Å²) in [6.45, 7) is 0. The Morgan fingerprint density at radius 1 is 1.30 bits per heavy atom. The highest BCUT2D eigenvalue weighted by Crippen LogP contribution is 2.24. The van der Waals surface area contributed by atoms with Gasteiger partial charge in [0, 0.05) is 17.0 Å². The smallest absolute Gasteiger partial charge is 0.257 e. The Balaban J connectivity index is 2.19. The second-order valence-electron chi connectivity index (χ2n) is 3.83. The molecule has 5 nitrogen and oxygen atoms in total. The van der Waals surface area contributed by atoms with Gasteiger partial charge in [-0.15, -0.1) is 22.9 Å². The highest BCUT2D eigenvalue weighted by atomic mass is 35.5. The fraction of sp³-hybridized carbons (Fsp3) is 0.231. The largest absolute Gasteiger partial charge is 0.497 e. The Hall–Kier alpha value is -1.79. The minimum Gasteiger partial charge on any atom is -0.497 e. The van der Waals surface area contributed by atoms with E-state index in [4.69, 9.17) is 21.1 Å². The number of hydrogen-bond donors (Lipinski definition) is 1. The Morgan fingerprint density at radius 2 is 1.95 bits per heavy atom. The molecule has 0 radical (unpaired) electrons. The van der Waals surface area contributed by atoms with E-state index in [0.29, 0.717) is 28.1 Å². The number of ether oxygens (including phenoxy) is 2. The van der Waals surface area contributed by atoms with Crippen LogP contribution in [0.15, 0.2) is 23.6 Å². The average Bonchev–Trinajstić information content (AvgIpc) is 2.94. The van der Waals surface area contributed by atoms with Crippen molar-refractivity contribution in [3.05, 3.63) is 34.8 Å². The number of methoxy groups -OCH3 is 2. The van der Waals surface area contributed by atoms with Gasteiger partial charge in [-0.3, -0.25) is 10.1 Å². The van der Waals surface area contributed by atoms with Crippen LogP contribution in [0.5, 0.6) is 11.5 Å². The zero-order valence-electron chi connectivity index (χ0n) is 11.0. The number of amides is 1. The zero-order valence-corrected chi connectivity index (χ0v) is 12.5. The highest BCUT2D eigenvalue weighted by Gasteiger charge is 2.12. The fourth-order valence-corrected chi connectivity index (χ4v) is 2.47. The van der Waals surface area contributed by atoms with Crippen LogP contribution in [0, 0.1) is 0 Å². The van der Waals surface area contributed by atoms with Crippen molar-refractivity contribution >= 4 is 34.0 Å². The number of hydrogen-bond acceptors (Lipinski definition) is 5. The van der Waals surface area contributed by atoms with Gasteiger partial charge in [0.1, 0.15) is 11.5 Å². The minimum atomic E-state index is -0.280. The second-order valence-corrected chi connectivity index (χ2v) is 4.96. The molecule has 0 aliphatic carbocycles. The number of carbonyl (C=O) groups is 1. The van der Waals surface area contributed by atoms with E-state index < -0.39 is 0 Å². The Morgan fingerprint density at radius 3 is 2.45 bits per heavy atom. The van der Waals surface area contributed by atoms with Gasteiger partial charge < -0.3 is 9.47 Å². The molecular formula is C13H13ClN2O3S. The van der Waals surface area contributed by atoms with Crippen LogP contribution in [-0.4, -0.2) is 25.1 Å². The summed E-state index contributed by atoms with van der Waals surface area (Å²) < 4.78 is 10.3. The Kier molecular flexibility index (Phi) is 4.81. The van der Waals surface area contributed by atoms with Crippen LogP contribution < -0.4 is 14.8 Å². The van der Waals surface area contributed by atoms with E-state index in [0.717, 1.165) is 5.69 Å². The first-order valence-corrected chi connectivity index (χ1v) is 7.12. The van der Waals surface area contributed by atoms with E-state index in [1.165, 1.54) is 25.6 Å². The standard InChI is InChI=1S/C13H13ClN2O3S/c1-18-10-3-8(4-11(5-10)19-2)12(17)16-13-15-9(6-14)7-20-13/h3-5,7H,6H2,1-2H3,(H,15,16,17). The first kappa shape index (κ1) is 14.6. The minimum absolute atomic E-state index is 0.280. The maximum Gasteiger partial charge on any atom is 0.257 e. The summed E-state index contributed by atoms with van der Waals surface area (Å²) in [5, 5.41) is 5.02. The first-order chi connectivity index (χ1) is 9.66. The summed E-state index contributed by atoms with van der Waals surface area (Å²) in [7, 11) is 3.06. The van der Waals surface area contributed by atoms with Crippen molar-refractivity contribution in [1.82, 2.24) is 4.98 Å². The predicted molar refractivity (Wildman–Crippen MR) is 79.2 cm³/mol. The van der Waals surface area contributed by atoms with Gasteiger partial charge in [-0.05, 0) is 12.1 Å². The number of benzene rings is 1. The molecule has 106 valence electrons. The van der Waals surface area contributed by atoms with Crippen molar-refractivity contribution < 1.29 is 14.3 Å². The van der Waals surface area contributed by atoms with Crippen LogP contribution in [0.4, 0.5) is 5.13 Å². The lowest BCUT2D eigenvalue weighted by atomic mass is 10.2. The third-order valence-corrected chi connectivity index (χ3v) is 3.60. The molecule has 1 aromatic carbocycles. The Bertz CT molecular complexity index is 593. The second kappa shape index (κ2) is 6.58. The molecule has 1 amide bonds. The fourth-order valence-electron chi connectivity index (χ4n) is 1.53. The van der Waals surface area contributed by atoms with E-state index in [-0.39, 0.29) is 5.91 Å². The molecule has 2 aromatic rings. The van der Waals surface area contributed by atoms with E-state index in [2.05, 4.69) is 10.3 Å². The van der Waals surface area contributed by atoms with Gasteiger partial charge in [0.25, 0.3) is 5.91 Å². The molecule has 1 heterocycles. The summed E-state index contributed by atoms with van der Waals surface area (Å²) in [6.07, 6.45) is 0. The van der Waals surface area contributed by atoms with Gasteiger partial charge in [-0.1, -0.05) is 0 Å². The number of anilines is 1. The van der Waals surface area contributed by atoms with Gasteiger partial charge in [0.05, 0.1) is 25.8 Å². The molecule has 0 fully saturated rings. The highest BCUT2D eigenvalue weighted by molar-refractivity contribution is 7.14. The summed E-state index contributed by atoms with van der Waals surface area (Å²) >= 11 is 7.00. The van der Waals surface area contributed by atoms with Crippen LogP contribution in [0.2, 0.25) is 0 Å². The van der Waals surface area contributed by atoms with Crippen molar-refractivity contribution in [1.29, 1.82) is 0 Å². The number of thiazole rings is 1. The van der Waals surface area contributed by atoms with Gasteiger partial charge in [0.2, 0.25) is 0 Å². The first-order valence-electron chi connectivity index (χ1n) is 5.71. The van der Waals surface area contributed by atoms with Crippen molar-refractivity contribution in [2.75, 3.05) is 19.5 Å². The maximum absolute atomic E-state index is 12.2. The molecule has 0 aliphatic heterocycles. The van der Waals surface area contributed by atoms with Crippen molar-refractivity contribution in [2.24, 2.45) is 0 Å². The number of nitrogens with one attached hydrogen (secondary N) is 1. The number of aromatic nitrogens is 1. The summed E-state index contributed by atoms with van der Waals surface area (Å²) in [5.74, 6) is 1.14. The van der Waals surface area contributed by atoms with Crippen LogP contribution >= 0.6 is 22.9 Å². The lowest BCUT2D eigenvalue weighted by Crippen LogP contribution is -2.12. The number of nitrogens with zero attached hydrogens (tertiary/aromatic N) is 1. The van der Waals surface area contributed by atoms with Crippen molar-refractivity contribution in [2.45, 2.75) is 5.88 Å². The van der Waals surface area contributed by atoms with Crippen molar-refractivity contribution in [3.8, 4) is 11.5 Å². The third kappa shape index (κ3) is 3.40. The van der Waals surface area contributed by atoms with Gasteiger partial charge in [-0.25, -0.2) is 4.98 Å². The van der Waals surface area contributed by atoms with Gasteiger partial charge in [-0.2, -0.15) is 0 Å². The number of halogens is 1. The predicted octanol–water partition coefficient (Wildman–Crippen LogP) is 3.15. The third-order valence-electron chi connectivity index (χ3n) is 2.52. The molecule has 0 atom stereocenters. The lowest BCUT2D eigenvalue weighted by Gasteiger charge is -2.08. The molecular weight excluding hydrogens is 300 g/mol. The molecule has 0 spiro atoms. The zero-order chi connectivity index (χ0) is 14.5. The molecule has 0 unspecified atom stereocenters. The van der Waals surface area contributed by atoms with Gasteiger partial charge >= 0.3 is 0 Å². The van der Waals surface area contributed by atoms with E-state index >= 15 is 0 Å². The van der Waals surface area contributed by atoms with Crippen LogP contribution in [-0.2, 0) is 5.88 Å². The topological polar surface area (TPSA) is 60.5 Å². The molecule has 0 bridgehead atoms. The number of rotatable bonds is 5. The monoisotopic (exact) mass is 312 g/mol. The van der Waals surface area contributed by atoms with Crippen LogP contribution in [0.1, 0.15) is 16.1 Å². The van der Waals surface area contributed by atoms with E-state index in [9.17, 15) is 4.79 Å². The molecule has 7 heteroatoms. The normalized spacial score (nSPS) is 10.2. The summed E-state index contributed by atoms with van der Waals surface area (Å²) in [5.41, 5.74) is 1.17. The molecule has 2 rings (SSSR count). The number of carbonyl (C=O) groups excluding carboxylic acids is 1. The SMILES string of the molecule is COc1cc(OC)cc(C(=O)Nc2nc(CCl)cs2)c1. The molecule has 20 heavy (non-hydrogen) atoms. The molecule has 1 N–H and O–H groups in total. The van der Waals surface area contributed by atoms with Crippen LogP contribution in [0.25, 0.3) is 0 Å².